The van der Waals surface area contributed by atoms with Gasteiger partial charge in [-0.2, -0.15) is 0 Å². The number of fused-ring (bicyclic) bond motifs is 1. The van der Waals surface area contributed by atoms with E-state index >= 15 is 0 Å². The van der Waals surface area contributed by atoms with Crippen molar-refractivity contribution < 1.29 is 4.79 Å². The minimum atomic E-state index is 0.460. The van der Waals surface area contributed by atoms with Crippen LogP contribution in [-0.2, 0) is 4.79 Å². The van der Waals surface area contributed by atoms with Crippen LogP contribution in [0.3, 0.4) is 0 Å². The van der Waals surface area contributed by atoms with Crippen LogP contribution in [-0.4, -0.2) is 5.78 Å². The highest BCUT2D eigenvalue weighted by Crippen LogP contribution is 2.43. The van der Waals surface area contributed by atoms with Crippen molar-refractivity contribution in [2.75, 3.05) is 0 Å². The van der Waals surface area contributed by atoms with E-state index in [1.54, 1.807) is 0 Å². The van der Waals surface area contributed by atoms with Crippen molar-refractivity contribution in [1.29, 1.82) is 0 Å². The maximum Gasteiger partial charge on any atom is 0.136 e. The summed E-state index contributed by atoms with van der Waals surface area (Å²) in [5.74, 6) is 2.88. The van der Waals surface area contributed by atoms with Crippen molar-refractivity contribution in [1.82, 2.24) is 0 Å². The van der Waals surface area contributed by atoms with Gasteiger partial charge in [0, 0.05) is 12.8 Å². The Labute approximate surface area is 92.9 Å². The summed E-state index contributed by atoms with van der Waals surface area (Å²) < 4.78 is 0. The highest BCUT2D eigenvalue weighted by atomic mass is 16.1. The maximum absolute atomic E-state index is 11.4. The summed E-state index contributed by atoms with van der Waals surface area (Å²) in [7, 11) is 0. The fraction of sp³-hybridized carbons (Fsp3) is 0.786. The van der Waals surface area contributed by atoms with Gasteiger partial charge in [0.05, 0.1) is 0 Å². The number of Topliss-reactive ketones (excluding diaryl/α,β-unsaturated/α-hetero) is 1. The quantitative estimate of drug-likeness (QED) is 0.629. The Hall–Kier alpha value is -0.590. The van der Waals surface area contributed by atoms with Gasteiger partial charge in [-0.1, -0.05) is 31.9 Å². The molecule has 0 aromatic carbocycles. The second-order valence-electron chi connectivity index (χ2n) is 5.31. The Balaban J connectivity index is 2.14. The summed E-state index contributed by atoms with van der Waals surface area (Å²) in [4.78, 5) is 11.4. The van der Waals surface area contributed by atoms with Gasteiger partial charge in [0.15, 0.2) is 0 Å². The zero-order valence-corrected chi connectivity index (χ0v) is 9.96. The second kappa shape index (κ2) is 4.51. The first-order valence-corrected chi connectivity index (χ1v) is 6.43. The summed E-state index contributed by atoms with van der Waals surface area (Å²) in [5.41, 5.74) is 1.47. The van der Waals surface area contributed by atoms with E-state index in [-0.39, 0.29) is 0 Å². The van der Waals surface area contributed by atoms with Gasteiger partial charge in [0.1, 0.15) is 5.78 Å². The number of ketones is 1. The standard InChI is InChI=1S/C14H22O/c1-3-4-13-10(2)5-6-11-9-12(15)7-8-14(11)13/h6,10,13-14H,3-5,7-9H2,1-2H3. The Kier molecular flexibility index (Phi) is 3.28. The van der Waals surface area contributed by atoms with Crippen LogP contribution in [0.25, 0.3) is 0 Å². The first kappa shape index (κ1) is 10.9. The van der Waals surface area contributed by atoms with Crippen LogP contribution in [0.5, 0.6) is 0 Å². The molecule has 1 saturated carbocycles. The van der Waals surface area contributed by atoms with Crippen molar-refractivity contribution in [2.45, 2.75) is 52.4 Å². The molecule has 1 nitrogen and oxygen atoms in total. The molecule has 0 aromatic heterocycles. The van der Waals surface area contributed by atoms with Gasteiger partial charge in [-0.05, 0) is 37.0 Å². The molecule has 0 spiro atoms. The molecule has 84 valence electrons. The number of allylic oxidation sites excluding steroid dienone is 2. The van der Waals surface area contributed by atoms with Crippen LogP contribution in [0.2, 0.25) is 0 Å². The summed E-state index contributed by atoms with van der Waals surface area (Å²) in [5, 5.41) is 0. The van der Waals surface area contributed by atoms with E-state index in [1.807, 2.05) is 0 Å². The van der Waals surface area contributed by atoms with Crippen LogP contribution in [0.15, 0.2) is 11.6 Å². The fourth-order valence-corrected chi connectivity index (χ4v) is 3.39. The number of hydrogen-bond acceptors (Lipinski definition) is 1. The molecule has 0 heterocycles. The molecule has 0 saturated heterocycles. The predicted molar refractivity (Wildman–Crippen MR) is 62.6 cm³/mol. The minimum absolute atomic E-state index is 0.460. The summed E-state index contributed by atoms with van der Waals surface area (Å²) >= 11 is 0. The van der Waals surface area contributed by atoms with E-state index in [1.165, 1.54) is 24.8 Å². The highest BCUT2D eigenvalue weighted by Gasteiger charge is 2.35. The molecule has 3 atom stereocenters. The zero-order valence-electron chi connectivity index (χ0n) is 9.96. The molecule has 2 aliphatic carbocycles. The van der Waals surface area contributed by atoms with Crippen molar-refractivity contribution in [3.63, 3.8) is 0 Å². The molecule has 1 heteroatoms. The molecule has 1 fully saturated rings. The Bertz CT molecular complexity index is 277. The zero-order chi connectivity index (χ0) is 10.8. The third-order valence-electron chi connectivity index (χ3n) is 4.23. The number of hydrogen-bond donors (Lipinski definition) is 0. The summed E-state index contributed by atoms with van der Waals surface area (Å²) in [6.07, 6.45) is 8.90. The van der Waals surface area contributed by atoms with Gasteiger partial charge in [0.2, 0.25) is 0 Å². The van der Waals surface area contributed by atoms with Gasteiger partial charge in [-0.3, -0.25) is 4.79 Å². The lowest BCUT2D eigenvalue weighted by molar-refractivity contribution is -0.120. The molecule has 2 rings (SSSR count). The van der Waals surface area contributed by atoms with Gasteiger partial charge >= 0.3 is 0 Å². The van der Waals surface area contributed by atoms with E-state index in [9.17, 15) is 4.79 Å². The van der Waals surface area contributed by atoms with Crippen molar-refractivity contribution in [3.05, 3.63) is 11.6 Å². The third-order valence-corrected chi connectivity index (χ3v) is 4.23. The lowest BCUT2D eigenvalue weighted by atomic mass is 9.65. The van der Waals surface area contributed by atoms with Gasteiger partial charge in [-0.15, -0.1) is 0 Å². The molecule has 0 bridgehead atoms. The van der Waals surface area contributed by atoms with Crippen LogP contribution in [0.4, 0.5) is 0 Å². The number of carbonyl (C=O) groups is 1. The van der Waals surface area contributed by atoms with Crippen molar-refractivity contribution >= 4 is 5.78 Å². The highest BCUT2D eigenvalue weighted by molar-refractivity contribution is 5.82. The number of rotatable bonds is 2. The average Bonchev–Trinajstić information content (AvgIpc) is 2.22. The van der Waals surface area contributed by atoms with Gasteiger partial charge in [-0.25, -0.2) is 0 Å². The first-order valence-electron chi connectivity index (χ1n) is 6.43. The van der Waals surface area contributed by atoms with E-state index in [0.29, 0.717) is 5.78 Å². The lowest BCUT2D eigenvalue weighted by Gasteiger charge is -2.39. The molecule has 15 heavy (non-hydrogen) atoms. The first-order chi connectivity index (χ1) is 7.22. The van der Waals surface area contributed by atoms with E-state index < -0.39 is 0 Å². The van der Waals surface area contributed by atoms with Crippen molar-refractivity contribution in [3.8, 4) is 0 Å². The molecule has 0 aliphatic heterocycles. The SMILES string of the molecule is CCCC1C(C)CC=C2CC(=O)CCC21. The topological polar surface area (TPSA) is 17.1 Å². The maximum atomic E-state index is 11.4. The second-order valence-corrected chi connectivity index (χ2v) is 5.31. The Morgan fingerprint density at radius 2 is 2.27 bits per heavy atom. The Morgan fingerprint density at radius 3 is 3.00 bits per heavy atom. The van der Waals surface area contributed by atoms with E-state index in [4.69, 9.17) is 0 Å². The molecule has 0 amide bonds. The summed E-state index contributed by atoms with van der Waals surface area (Å²) in [6.45, 7) is 4.66. The summed E-state index contributed by atoms with van der Waals surface area (Å²) in [6, 6.07) is 0. The number of carbonyl (C=O) groups excluding carboxylic acids is 1. The van der Waals surface area contributed by atoms with Crippen LogP contribution in [0.1, 0.15) is 52.4 Å². The van der Waals surface area contributed by atoms with Crippen LogP contribution >= 0.6 is 0 Å². The van der Waals surface area contributed by atoms with Crippen LogP contribution < -0.4 is 0 Å². The molecular weight excluding hydrogens is 184 g/mol. The molecule has 0 radical (unpaired) electrons. The largest absolute Gasteiger partial charge is 0.299 e. The monoisotopic (exact) mass is 206 g/mol. The van der Waals surface area contributed by atoms with E-state index in [2.05, 4.69) is 19.9 Å². The van der Waals surface area contributed by atoms with Crippen molar-refractivity contribution in [2.24, 2.45) is 17.8 Å². The predicted octanol–water partition coefficient (Wildman–Crippen LogP) is 3.74. The van der Waals surface area contributed by atoms with Gasteiger partial charge < -0.3 is 0 Å². The molecule has 3 unspecified atom stereocenters. The molecule has 2 aliphatic rings. The van der Waals surface area contributed by atoms with Gasteiger partial charge in [0.25, 0.3) is 0 Å². The fourth-order valence-electron chi connectivity index (χ4n) is 3.39. The molecular formula is C14H22O. The van der Waals surface area contributed by atoms with Crippen LogP contribution in [0, 0.1) is 17.8 Å². The van der Waals surface area contributed by atoms with E-state index in [0.717, 1.165) is 37.0 Å². The third kappa shape index (κ3) is 2.16. The normalized spacial score (nSPS) is 36.0. The average molecular weight is 206 g/mol. The Morgan fingerprint density at radius 1 is 1.47 bits per heavy atom. The minimum Gasteiger partial charge on any atom is -0.299 e. The lowest BCUT2D eigenvalue weighted by Crippen LogP contribution is -2.31. The molecule has 0 N–H and O–H groups in total. The smallest absolute Gasteiger partial charge is 0.136 e. The molecule has 0 aromatic rings.